The smallest absolute Gasteiger partial charge is 0.142 e. The van der Waals surface area contributed by atoms with Crippen molar-refractivity contribution in [3.05, 3.63) is 41.4 Å². The van der Waals surface area contributed by atoms with Crippen molar-refractivity contribution >= 4 is 22.6 Å². The van der Waals surface area contributed by atoms with E-state index < -0.39 is 0 Å². The number of phenolic OH excluding ortho intramolecular Hbond substituents is 1. The molecule has 3 aromatic rings. The van der Waals surface area contributed by atoms with Gasteiger partial charge in [-0.1, -0.05) is 17.7 Å². The maximum atomic E-state index is 9.66. The molecule has 0 amide bonds. The minimum absolute atomic E-state index is 0.229. The lowest BCUT2D eigenvalue weighted by molar-refractivity contribution is 0.475. The molecule has 0 aliphatic carbocycles. The number of hydrogen-bond donors (Lipinski definition) is 2. The molecule has 0 saturated heterocycles. The van der Waals surface area contributed by atoms with Crippen molar-refractivity contribution < 1.29 is 5.11 Å². The van der Waals surface area contributed by atoms with E-state index in [1.165, 1.54) is 6.33 Å². The van der Waals surface area contributed by atoms with Gasteiger partial charge in [-0.15, -0.1) is 0 Å². The van der Waals surface area contributed by atoms with Crippen LogP contribution < -0.4 is 0 Å². The van der Waals surface area contributed by atoms with Crippen molar-refractivity contribution in [2.24, 2.45) is 0 Å². The molecule has 0 unspecified atom stereocenters. The summed E-state index contributed by atoms with van der Waals surface area (Å²) in [6, 6.07) is 5.38. The second-order valence-corrected chi connectivity index (χ2v) is 4.51. The maximum absolute atomic E-state index is 9.66. The Bertz CT molecular complexity index is 716. The number of aromatic amines is 1. The summed E-state index contributed by atoms with van der Waals surface area (Å²) >= 11 is 6.10. The number of aromatic hydroxyl groups is 1. The molecule has 0 bridgehead atoms. The van der Waals surface area contributed by atoms with E-state index >= 15 is 0 Å². The van der Waals surface area contributed by atoms with E-state index in [2.05, 4.69) is 15.0 Å². The molecule has 0 fully saturated rings. The van der Waals surface area contributed by atoms with Gasteiger partial charge in [-0.05, 0) is 30.2 Å². The van der Waals surface area contributed by atoms with Crippen molar-refractivity contribution in [1.82, 2.24) is 15.0 Å². The standard InChI is InChI=1S/C13H10ClN3O/c1-7-2-8(4-9(18)3-7)10-5-15-13-11(10)12(14)16-6-17-13/h2-6,18H,1H3,(H,15,16,17). The number of phenols is 1. The molecule has 0 spiro atoms. The largest absolute Gasteiger partial charge is 0.508 e. The molecule has 90 valence electrons. The summed E-state index contributed by atoms with van der Waals surface area (Å²) in [5.41, 5.74) is 3.43. The summed E-state index contributed by atoms with van der Waals surface area (Å²) in [4.78, 5) is 11.2. The van der Waals surface area contributed by atoms with Crippen LogP contribution in [0.4, 0.5) is 0 Å². The summed E-state index contributed by atoms with van der Waals surface area (Å²) < 4.78 is 0. The van der Waals surface area contributed by atoms with Crippen LogP contribution in [0.1, 0.15) is 5.56 Å². The summed E-state index contributed by atoms with van der Waals surface area (Å²) in [5, 5.41) is 10.8. The van der Waals surface area contributed by atoms with Crippen LogP contribution in [0, 0.1) is 6.92 Å². The third-order valence-corrected chi connectivity index (χ3v) is 3.08. The van der Waals surface area contributed by atoms with Crippen LogP contribution in [0.5, 0.6) is 5.75 Å². The molecule has 0 aliphatic heterocycles. The Labute approximate surface area is 108 Å². The molecular weight excluding hydrogens is 250 g/mol. The third-order valence-electron chi connectivity index (χ3n) is 2.80. The van der Waals surface area contributed by atoms with Gasteiger partial charge in [0.1, 0.15) is 22.9 Å². The van der Waals surface area contributed by atoms with Gasteiger partial charge in [-0.25, -0.2) is 9.97 Å². The minimum atomic E-state index is 0.229. The highest BCUT2D eigenvalue weighted by atomic mass is 35.5. The zero-order chi connectivity index (χ0) is 12.7. The number of nitrogens with one attached hydrogen (secondary N) is 1. The predicted octanol–water partition coefficient (Wildman–Crippen LogP) is 3.29. The molecule has 2 N–H and O–H groups in total. The first kappa shape index (κ1) is 11.0. The van der Waals surface area contributed by atoms with Crippen molar-refractivity contribution in [2.75, 3.05) is 0 Å². The minimum Gasteiger partial charge on any atom is -0.508 e. The summed E-state index contributed by atoms with van der Waals surface area (Å²) in [5.74, 6) is 0.229. The van der Waals surface area contributed by atoms with Crippen LogP contribution >= 0.6 is 11.6 Å². The number of nitrogens with zero attached hydrogens (tertiary/aromatic N) is 2. The number of rotatable bonds is 1. The number of aromatic nitrogens is 3. The first-order valence-electron chi connectivity index (χ1n) is 5.44. The fraction of sp³-hybridized carbons (Fsp3) is 0.0769. The van der Waals surface area contributed by atoms with Crippen molar-refractivity contribution in [3.63, 3.8) is 0 Å². The van der Waals surface area contributed by atoms with Gasteiger partial charge >= 0.3 is 0 Å². The molecule has 18 heavy (non-hydrogen) atoms. The zero-order valence-electron chi connectivity index (χ0n) is 9.61. The number of halogens is 1. The first-order chi connectivity index (χ1) is 8.65. The fourth-order valence-electron chi connectivity index (χ4n) is 2.07. The summed E-state index contributed by atoms with van der Waals surface area (Å²) in [6.07, 6.45) is 3.23. The Kier molecular flexibility index (Phi) is 2.45. The number of aryl methyl sites for hydroxylation is 1. The van der Waals surface area contributed by atoms with Crippen molar-refractivity contribution in [3.8, 4) is 16.9 Å². The zero-order valence-corrected chi connectivity index (χ0v) is 10.4. The van der Waals surface area contributed by atoms with E-state index in [-0.39, 0.29) is 5.75 Å². The molecule has 0 saturated carbocycles. The number of H-pyrrole nitrogens is 1. The van der Waals surface area contributed by atoms with Crippen LogP contribution in [0.3, 0.4) is 0 Å². The Morgan fingerprint density at radius 1 is 1.22 bits per heavy atom. The molecule has 2 aromatic heterocycles. The van der Waals surface area contributed by atoms with Crippen LogP contribution in [0.15, 0.2) is 30.7 Å². The van der Waals surface area contributed by atoms with Crippen molar-refractivity contribution in [1.29, 1.82) is 0 Å². The maximum Gasteiger partial charge on any atom is 0.142 e. The van der Waals surface area contributed by atoms with Gasteiger partial charge in [0.25, 0.3) is 0 Å². The van der Waals surface area contributed by atoms with Crippen LogP contribution in [0.25, 0.3) is 22.2 Å². The van der Waals surface area contributed by atoms with Gasteiger partial charge in [-0.3, -0.25) is 0 Å². The lowest BCUT2D eigenvalue weighted by Crippen LogP contribution is -1.83. The Balaban J connectivity index is 2.31. The molecule has 1 aromatic carbocycles. The highest BCUT2D eigenvalue weighted by Gasteiger charge is 2.12. The van der Waals surface area contributed by atoms with Gasteiger partial charge in [-0.2, -0.15) is 0 Å². The monoisotopic (exact) mass is 259 g/mol. The molecular formula is C13H10ClN3O. The van der Waals surface area contributed by atoms with E-state index in [0.29, 0.717) is 10.8 Å². The van der Waals surface area contributed by atoms with Gasteiger partial charge in [0.05, 0.1) is 5.39 Å². The molecule has 0 atom stereocenters. The lowest BCUT2D eigenvalue weighted by Gasteiger charge is -2.03. The van der Waals surface area contributed by atoms with E-state index in [9.17, 15) is 5.11 Å². The van der Waals surface area contributed by atoms with E-state index in [1.54, 1.807) is 12.1 Å². The second kappa shape index (κ2) is 3.99. The van der Waals surface area contributed by atoms with Gasteiger partial charge in [0.2, 0.25) is 0 Å². The highest BCUT2D eigenvalue weighted by molar-refractivity contribution is 6.35. The lowest BCUT2D eigenvalue weighted by atomic mass is 10.0. The first-order valence-corrected chi connectivity index (χ1v) is 5.81. The number of hydrogen-bond acceptors (Lipinski definition) is 3. The van der Waals surface area contributed by atoms with Crippen LogP contribution in [0.2, 0.25) is 5.15 Å². The fourth-order valence-corrected chi connectivity index (χ4v) is 2.31. The predicted molar refractivity (Wildman–Crippen MR) is 70.7 cm³/mol. The topological polar surface area (TPSA) is 61.8 Å². The molecule has 0 radical (unpaired) electrons. The summed E-state index contributed by atoms with van der Waals surface area (Å²) in [6.45, 7) is 1.93. The Hall–Kier alpha value is -2.07. The average molecular weight is 260 g/mol. The average Bonchev–Trinajstić information content (AvgIpc) is 2.73. The number of benzene rings is 1. The molecule has 2 heterocycles. The van der Waals surface area contributed by atoms with Gasteiger partial charge in [0, 0.05) is 11.8 Å². The molecule has 4 nitrogen and oxygen atoms in total. The van der Waals surface area contributed by atoms with Gasteiger partial charge < -0.3 is 10.1 Å². The Morgan fingerprint density at radius 2 is 2.06 bits per heavy atom. The van der Waals surface area contributed by atoms with Gasteiger partial charge in [0.15, 0.2) is 0 Å². The van der Waals surface area contributed by atoms with E-state index in [0.717, 1.165) is 22.1 Å². The Morgan fingerprint density at radius 3 is 2.83 bits per heavy atom. The van der Waals surface area contributed by atoms with Crippen LogP contribution in [-0.4, -0.2) is 20.1 Å². The normalized spacial score (nSPS) is 11.0. The second-order valence-electron chi connectivity index (χ2n) is 4.15. The van der Waals surface area contributed by atoms with E-state index in [1.807, 2.05) is 19.2 Å². The number of fused-ring (bicyclic) bond motifs is 1. The van der Waals surface area contributed by atoms with Crippen LogP contribution in [-0.2, 0) is 0 Å². The third kappa shape index (κ3) is 1.71. The SMILES string of the molecule is Cc1cc(O)cc(-c2c[nH]c3ncnc(Cl)c23)c1. The van der Waals surface area contributed by atoms with Crippen molar-refractivity contribution in [2.45, 2.75) is 6.92 Å². The van der Waals surface area contributed by atoms with E-state index in [4.69, 9.17) is 11.6 Å². The summed E-state index contributed by atoms with van der Waals surface area (Å²) in [7, 11) is 0. The molecule has 0 aliphatic rings. The molecule has 3 rings (SSSR count). The highest BCUT2D eigenvalue weighted by Crippen LogP contribution is 2.33. The quantitative estimate of drug-likeness (QED) is 0.659. The molecule has 5 heteroatoms.